The quantitative estimate of drug-likeness (QED) is 0.663. The molecule has 0 aromatic rings. The average Bonchev–Trinajstić information content (AvgIpc) is 2.03. The van der Waals surface area contributed by atoms with Gasteiger partial charge in [0.05, 0.1) is 12.7 Å². The Hall–Kier alpha value is -0.120. The predicted octanol–water partition coefficient (Wildman–Crippen LogP) is 0.315. The molecule has 1 aliphatic rings. The molecule has 1 fully saturated rings. The minimum Gasteiger partial charge on any atom is -0.377 e. The molecular formula is C9H20N2O. The summed E-state index contributed by atoms with van der Waals surface area (Å²) < 4.78 is 5.57. The van der Waals surface area contributed by atoms with Crippen molar-refractivity contribution in [2.45, 2.75) is 26.0 Å². The van der Waals surface area contributed by atoms with Crippen LogP contribution in [0, 0.1) is 0 Å². The molecule has 1 heterocycles. The van der Waals surface area contributed by atoms with Gasteiger partial charge in [-0.15, -0.1) is 0 Å². The highest BCUT2D eigenvalue weighted by Crippen LogP contribution is 2.01. The van der Waals surface area contributed by atoms with Crippen molar-refractivity contribution in [2.75, 3.05) is 33.3 Å². The zero-order valence-electron chi connectivity index (χ0n) is 8.34. The van der Waals surface area contributed by atoms with E-state index in [0.717, 1.165) is 26.2 Å². The largest absolute Gasteiger partial charge is 0.377 e. The fraction of sp³-hybridized carbons (Fsp3) is 1.00. The van der Waals surface area contributed by atoms with Crippen LogP contribution in [0.1, 0.15) is 13.8 Å². The van der Waals surface area contributed by atoms with Crippen molar-refractivity contribution in [1.82, 2.24) is 10.2 Å². The van der Waals surface area contributed by atoms with Gasteiger partial charge in [-0.3, -0.25) is 4.90 Å². The molecule has 0 aliphatic carbocycles. The lowest BCUT2D eigenvalue weighted by Gasteiger charge is -2.33. The van der Waals surface area contributed by atoms with Crippen molar-refractivity contribution in [3.63, 3.8) is 0 Å². The van der Waals surface area contributed by atoms with Gasteiger partial charge >= 0.3 is 0 Å². The highest BCUT2D eigenvalue weighted by atomic mass is 16.5. The Morgan fingerprint density at radius 3 is 2.92 bits per heavy atom. The lowest BCUT2D eigenvalue weighted by atomic mass is 10.2. The summed E-state index contributed by atoms with van der Waals surface area (Å²) in [5.74, 6) is 0. The molecule has 1 atom stereocenters. The van der Waals surface area contributed by atoms with Gasteiger partial charge in [-0.05, 0) is 20.9 Å². The maximum Gasteiger partial charge on any atom is 0.0637 e. The molecule has 3 nitrogen and oxygen atoms in total. The fourth-order valence-corrected chi connectivity index (χ4v) is 1.35. The topological polar surface area (TPSA) is 24.5 Å². The van der Waals surface area contributed by atoms with Crippen molar-refractivity contribution in [3.8, 4) is 0 Å². The maximum atomic E-state index is 5.57. The van der Waals surface area contributed by atoms with Crippen LogP contribution < -0.4 is 5.32 Å². The number of hydrogen-bond acceptors (Lipinski definition) is 3. The summed E-state index contributed by atoms with van der Waals surface area (Å²) >= 11 is 0. The van der Waals surface area contributed by atoms with Gasteiger partial charge in [-0.25, -0.2) is 0 Å². The van der Waals surface area contributed by atoms with Crippen LogP contribution in [0.25, 0.3) is 0 Å². The van der Waals surface area contributed by atoms with Crippen LogP contribution in [0.15, 0.2) is 0 Å². The number of nitrogens with zero attached hydrogens (tertiary/aromatic N) is 1. The first-order chi connectivity index (χ1) is 5.70. The summed E-state index contributed by atoms with van der Waals surface area (Å²) in [6.45, 7) is 8.30. The average molecular weight is 172 g/mol. The molecule has 0 aromatic carbocycles. The molecule has 1 aliphatic heterocycles. The number of rotatable bonds is 3. The number of hydrogen-bond donors (Lipinski definition) is 1. The molecule has 0 saturated carbocycles. The fourth-order valence-electron chi connectivity index (χ4n) is 1.35. The first kappa shape index (κ1) is 9.96. The smallest absolute Gasteiger partial charge is 0.0637 e. The van der Waals surface area contributed by atoms with Crippen LogP contribution >= 0.6 is 0 Å². The molecule has 0 spiro atoms. The van der Waals surface area contributed by atoms with Gasteiger partial charge in [0.1, 0.15) is 0 Å². The summed E-state index contributed by atoms with van der Waals surface area (Å²) in [7, 11) is 2.16. The number of likely N-dealkylation sites (N-methyl/N-ethyl adjacent to an activating group) is 1. The molecule has 12 heavy (non-hydrogen) atoms. The Bertz CT molecular complexity index is 128. The summed E-state index contributed by atoms with van der Waals surface area (Å²) in [6.07, 6.45) is 0.348. The first-order valence-electron chi connectivity index (χ1n) is 4.72. The second-order valence-electron chi connectivity index (χ2n) is 3.72. The molecule has 1 saturated heterocycles. The lowest BCUT2D eigenvalue weighted by Crippen LogP contribution is -2.51. The van der Waals surface area contributed by atoms with Crippen LogP contribution in [0.2, 0.25) is 0 Å². The molecule has 1 rings (SSSR count). The molecule has 0 radical (unpaired) electrons. The highest BCUT2D eigenvalue weighted by molar-refractivity contribution is 4.76. The third-order valence-electron chi connectivity index (χ3n) is 2.27. The molecule has 0 bridgehead atoms. The predicted molar refractivity (Wildman–Crippen MR) is 50.4 cm³/mol. The van der Waals surface area contributed by atoms with E-state index in [1.165, 1.54) is 0 Å². The second-order valence-corrected chi connectivity index (χ2v) is 3.72. The van der Waals surface area contributed by atoms with Crippen LogP contribution in [0.3, 0.4) is 0 Å². The van der Waals surface area contributed by atoms with E-state index in [-0.39, 0.29) is 0 Å². The molecule has 0 amide bonds. The van der Waals surface area contributed by atoms with Gasteiger partial charge in [0.15, 0.2) is 0 Å². The van der Waals surface area contributed by atoms with Crippen molar-refractivity contribution in [1.29, 1.82) is 0 Å². The van der Waals surface area contributed by atoms with Crippen LogP contribution in [0.4, 0.5) is 0 Å². The van der Waals surface area contributed by atoms with Crippen molar-refractivity contribution in [2.24, 2.45) is 0 Å². The van der Waals surface area contributed by atoms with Crippen LogP contribution in [-0.2, 0) is 4.74 Å². The third kappa shape index (κ3) is 3.09. The normalized spacial score (nSPS) is 26.5. The Morgan fingerprint density at radius 1 is 1.58 bits per heavy atom. The Balaban J connectivity index is 2.20. The van der Waals surface area contributed by atoms with Crippen molar-refractivity contribution in [3.05, 3.63) is 0 Å². The van der Waals surface area contributed by atoms with Gasteiger partial charge in [0.25, 0.3) is 0 Å². The second kappa shape index (κ2) is 4.80. The van der Waals surface area contributed by atoms with E-state index in [2.05, 4.69) is 31.1 Å². The Kier molecular flexibility index (Phi) is 3.98. The zero-order valence-corrected chi connectivity index (χ0v) is 8.34. The molecular weight excluding hydrogens is 152 g/mol. The lowest BCUT2D eigenvalue weighted by molar-refractivity contribution is 0.0251. The summed E-state index contributed by atoms with van der Waals surface area (Å²) in [5, 5.41) is 3.37. The van der Waals surface area contributed by atoms with E-state index < -0.39 is 0 Å². The molecule has 0 unspecified atom stereocenters. The molecule has 72 valence electrons. The number of nitrogens with one attached hydrogen (secondary N) is 1. The van der Waals surface area contributed by atoms with E-state index in [0.29, 0.717) is 12.1 Å². The van der Waals surface area contributed by atoms with E-state index in [9.17, 15) is 0 Å². The van der Waals surface area contributed by atoms with Gasteiger partial charge in [0.2, 0.25) is 0 Å². The third-order valence-corrected chi connectivity index (χ3v) is 2.27. The van der Waals surface area contributed by atoms with Crippen LogP contribution in [-0.4, -0.2) is 50.3 Å². The Morgan fingerprint density at radius 2 is 2.33 bits per heavy atom. The Labute approximate surface area is 75.1 Å². The minimum absolute atomic E-state index is 0.348. The van der Waals surface area contributed by atoms with E-state index in [4.69, 9.17) is 4.74 Å². The minimum atomic E-state index is 0.348. The van der Waals surface area contributed by atoms with E-state index >= 15 is 0 Å². The van der Waals surface area contributed by atoms with Gasteiger partial charge < -0.3 is 10.1 Å². The summed E-state index contributed by atoms with van der Waals surface area (Å²) in [5.41, 5.74) is 0. The number of ether oxygens (including phenoxy) is 1. The van der Waals surface area contributed by atoms with Gasteiger partial charge in [-0.2, -0.15) is 0 Å². The number of piperazine rings is 1. The zero-order chi connectivity index (χ0) is 8.97. The molecule has 0 aromatic heterocycles. The summed E-state index contributed by atoms with van der Waals surface area (Å²) in [4.78, 5) is 2.36. The van der Waals surface area contributed by atoms with Gasteiger partial charge in [-0.1, -0.05) is 0 Å². The van der Waals surface area contributed by atoms with Crippen LogP contribution in [0.5, 0.6) is 0 Å². The first-order valence-corrected chi connectivity index (χ1v) is 4.72. The molecule has 3 heteroatoms. The van der Waals surface area contributed by atoms with E-state index in [1.807, 2.05) is 0 Å². The maximum absolute atomic E-state index is 5.57. The highest BCUT2D eigenvalue weighted by Gasteiger charge is 2.18. The van der Waals surface area contributed by atoms with Gasteiger partial charge in [0, 0.05) is 25.7 Å². The summed E-state index contributed by atoms with van der Waals surface area (Å²) in [6, 6.07) is 0.557. The standard InChI is InChI=1S/C9H20N2O/c1-8(2)12-7-9-6-10-4-5-11(9)3/h8-10H,4-7H2,1-3H3/t9-/m1/s1. The van der Waals surface area contributed by atoms with Crippen molar-refractivity contribution < 1.29 is 4.74 Å². The monoisotopic (exact) mass is 172 g/mol. The van der Waals surface area contributed by atoms with Crippen molar-refractivity contribution >= 4 is 0 Å². The molecule has 1 N–H and O–H groups in total. The SMILES string of the molecule is CC(C)OC[C@H]1CNCCN1C. The van der Waals surface area contributed by atoms with E-state index in [1.54, 1.807) is 0 Å².